The van der Waals surface area contributed by atoms with Crippen LogP contribution in [-0.2, 0) is 0 Å². The van der Waals surface area contributed by atoms with Gasteiger partial charge in [-0.3, -0.25) is 0 Å². The Kier molecular flexibility index (Phi) is 3.74. The zero-order valence-electron chi connectivity index (χ0n) is 15.2. The maximum absolute atomic E-state index is 11.0. The van der Waals surface area contributed by atoms with E-state index in [4.69, 9.17) is 6.42 Å². The van der Waals surface area contributed by atoms with Gasteiger partial charge in [0, 0.05) is 11.8 Å². The summed E-state index contributed by atoms with van der Waals surface area (Å²) in [5, 5.41) is 42.8. The lowest BCUT2D eigenvalue weighted by Gasteiger charge is -2.59. The van der Waals surface area contributed by atoms with Crippen molar-refractivity contribution in [3.63, 3.8) is 0 Å². The molecule has 4 aliphatic carbocycles. The first-order valence-corrected chi connectivity index (χ1v) is 9.62. The second kappa shape index (κ2) is 5.33. The fraction of sp³-hybridized carbons (Fsp3) is 0.810. The van der Waals surface area contributed by atoms with Crippen molar-refractivity contribution in [1.82, 2.24) is 0 Å². The number of fused-ring (bicyclic) bond motifs is 5. The fourth-order valence-corrected chi connectivity index (χ4v) is 6.95. The van der Waals surface area contributed by atoms with Gasteiger partial charge in [-0.2, -0.15) is 0 Å². The largest absolute Gasteiger partial charge is 0.393 e. The van der Waals surface area contributed by atoms with Crippen LogP contribution in [0.2, 0.25) is 0 Å². The van der Waals surface area contributed by atoms with Crippen LogP contribution in [0.4, 0.5) is 0 Å². The zero-order chi connectivity index (χ0) is 18.2. The molecule has 0 aromatic carbocycles. The van der Waals surface area contributed by atoms with E-state index in [1.165, 1.54) is 5.57 Å². The summed E-state index contributed by atoms with van der Waals surface area (Å²) >= 11 is 0. The van der Waals surface area contributed by atoms with E-state index in [2.05, 4.69) is 12.8 Å². The van der Waals surface area contributed by atoms with Crippen LogP contribution < -0.4 is 0 Å². The van der Waals surface area contributed by atoms with Crippen LogP contribution in [0.15, 0.2) is 11.6 Å². The molecule has 3 saturated carbocycles. The van der Waals surface area contributed by atoms with Gasteiger partial charge in [0.2, 0.25) is 0 Å². The van der Waals surface area contributed by atoms with E-state index < -0.39 is 23.2 Å². The molecule has 0 radical (unpaired) electrons. The Morgan fingerprint density at radius 2 is 1.88 bits per heavy atom. The maximum atomic E-state index is 11.0. The van der Waals surface area contributed by atoms with E-state index in [1.54, 1.807) is 0 Å². The molecule has 4 N–H and O–H groups in total. The van der Waals surface area contributed by atoms with E-state index in [9.17, 15) is 20.4 Å². The molecule has 4 heteroatoms. The molecule has 3 fully saturated rings. The molecule has 4 nitrogen and oxygen atoms in total. The number of hydrogen-bond donors (Lipinski definition) is 4. The Bertz CT molecular complexity index is 651. The lowest BCUT2D eigenvalue weighted by atomic mass is 9.46. The summed E-state index contributed by atoms with van der Waals surface area (Å²) in [5.74, 6) is 2.51. The molecular formula is C21H30O4. The third kappa shape index (κ3) is 2.10. The smallest absolute Gasteiger partial charge is 0.133 e. The Hall–Kier alpha value is -0.860. The molecule has 9 atom stereocenters. The van der Waals surface area contributed by atoms with Gasteiger partial charge in [-0.05, 0) is 55.3 Å². The third-order valence-electron chi connectivity index (χ3n) is 8.46. The van der Waals surface area contributed by atoms with Gasteiger partial charge in [0.25, 0.3) is 0 Å². The average Bonchev–Trinajstić information content (AvgIpc) is 2.76. The second-order valence-electron chi connectivity index (χ2n) is 9.44. The van der Waals surface area contributed by atoms with Gasteiger partial charge in [0.15, 0.2) is 0 Å². The van der Waals surface area contributed by atoms with Gasteiger partial charge < -0.3 is 20.4 Å². The van der Waals surface area contributed by atoms with Crippen molar-refractivity contribution in [2.75, 3.05) is 0 Å². The van der Waals surface area contributed by atoms with Crippen molar-refractivity contribution in [2.45, 2.75) is 76.3 Å². The highest BCUT2D eigenvalue weighted by Gasteiger charge is 2.67. The number of rotatable bonds is 0. The highest BCUT2D eigenvalue weighted by Crippen LogP contribution is 2.66. The molecule has 25 heavy (non-hydrogen) atoms. The van der Waals surface area contributed by atoms with Crippen molar-refractivity contribution >= 4 is 0 Å². The molecule has 0 aliphatic heterocycles. The Morgan fingerprint density at radius 1 is 1.16 bits per heavy atom. The number of aliphatic hydroxyl groups excluding tert-OH is 3. The van der Waals surface area contributed by atoms with Gasteiger partial charge in [-0.25, -0.2) is 0 Å². The van der Waals surface area contributed by atoms with Crippen molar-refractivity contribution in [3.8, 4) is 12.3 Å². The monoisotopic (exact) mass is 346 g/mol. The summed E-state index contributed by atoms with van der Waals surface area (Å²) < 4.78 is 0. The minimum atomic E-state index is -1.31. The molecular weight excluding hydrogens is 316 g/mol. The van der Waals surface area contributed by atoms with Crippen LogP contribution >= 0.6 is 0 Å². The molecule has 0 aromatic heterocycles. The minimum Gasteiger partial charge on any atom is -0.393 e. The first kappa shape index (κ1) is 17.5. The van der Waals surface area contributed by atoms with Crippen molar-refractivity contribution in [1.29, 1.82) is 0 Å². The van der Waals surface area contributed by atoms with Gasteiger partial charge in [0.05, 0.1) is 18.3 Å². The second-order valence-corrected chi connectivity index (χ2v) is 9.44. The molecule has 0 saturated heterocycles. The molecule has 4 rings (SSSR count). The van der Waals surface area contributed by atoms with Crippen LogP contribution in [0.3, 0.4) is 0 Å². The van der Waals surface area contributed by atoms with Gasteiger partial charge in [-0.1, -0.05) is 31.4 Å². The highest BCUT2D eigenvalue weighted by molar-refractivity contribution is 5.31. The fourth-order valence-electron chi connectivity index (χ4n) is 6.95. The summed E-state index contributed by atoms with van der Waals surface area (Å²) in [4.78, 5) is 0. The number of hydrogen-bond acceptors (Lipinski definition) is 4. The zero-order valence-corrected chi connectivity index (χ0v) is 15.2. The summed E-state index contributed by atoms with van der Waals surface area (Å²) in [6.45, 7) is 4.24. The van der Waals surface area contributed by atoms with Crippen molar-refractivity contribution < 1.29 is 20.4 Å². The third-order valence-corrected chi connectivity index (χ3v) is 8.46. The van der Waals surface area contributed by atoms with Gasteiger partial charge in [0.1, 0.15) is 5.60 Å². The summed E-state index contributed by atoms with van der Waals surface area (Å²) in [6, 6.07) is 0. The van der Waals surface area contributed by atoms with Crippen molar-refractivity contribution in [3.05, 3.63) is 11.6 Å². The molecule has 138 valence electrons. The van der Waals surface area contributed by atoms with E-state index in [1.807, 2.05) is 13.0 Å². The van der Waals surface area contributed by atoms with Gasteiger partial charge in [-0.15, -0.1) is 6.42 Å². The predicted molar refractivity (Wildman–Crippen MR) is 94.3 cm³/mol. The van der Waals surface area contributed by atoms with Crippen LogP contribution in [0.5, 0.6) is 0 Å². The van der Waals surface area contributed by atoms with Crippen LogP contribution in [0.25, 0.3) is 0 Å². The van der Waals surface area contributed by atoms with E-state index in [0.29, 0.717) is 6.42 Å². The number of aliphatic hydroxyl groups is 4. The van der Waals surface area contributed by atoms with Crippen molar-refractivity contribution in [2.24, 2.45) is 28.6 Å². The SMILES string of the molecule is C#C[C@]1(O)C[C@@H](O)C2C3C(CC[C@@]21C)[C@@]1(C)CC[C@@H](O)CC1=C[C@H]3O. The Balaban J connectivity index is 1.78. The molecule has 3 unspecified atom stereocenters. The lowest BCUT2D eigenvalue weighted by molar-refractivity contribution is -0.136. The standard InChI is InChI=1S/C21H30O4/c1-4-21(25)11-16(24)18-17-14(6-8-20(18,21)3)19(2)7-5-13(22)9-12(19)10-15(17)23/h1,10,13-18,22-25H,5-9,11H2,2-3H3/t13-,14?,15-,16-,17?,18?,19+,20+,21+/m1/s1. The Morgan fingerprint density at radius 3 is 2.56 bits per heavy atom. The molecule has 0 aromatic rings. The van der Waals surface area contributed by atoms with Crippen LogP contribution in [-0.4, -0.2) is 44.3 Å². The highest BCUT2D eigenvalue weighted by atomic mass is 16.3. The molecule has 0 amide bonds. The molecule has 0 spiro atoms. The number of terminal acetylenes is 1. The van der Waals surface area contributed by atoms with E-state index in [-0.39, 0.29) is 35.7 Å². The minimum absolute atomic E-state index is 0.0406. The normalized spacial score (nSPS) is 57.7. The van der Waals surface area contributed by atoms with Crippen LogP contribution in [0, 0.1) is 40.9 Å². The lowest BCUT2D eigenvalue weighted by Crippen LogP contribution is -2.58. The predicted octanol–water partition coefficient (Wildman–Crippen LogP) is 1.62. The van der Waals surface area contributed by atoms with E-state index >= 15 is 0 Å². The molecule has 0 bridgehead atoms. The summed E-state index contributed by atoms with van der Waals surface area (Å²) in [7, 11) is 0. The topological polar surface area (TPSA) is 80.9 Å². The first-order chi connectivity index (χ1) is 11.7. The quantitative estimate of drug-likeness (QED) is 0.397. The van der Waals surface area contributed by atoms with Crippen LogP contribution in [0.1, 0.15) is 52.4 Å². The molecule has 4 aliphatic rings. The molecule has 0 heterocycles. The summed E-state index contributed by atoms with van der Waals surface area (Å²) in [5.41, 5.74) is -0.751. The average molecular weight is 346 g/mol. The van der Waals surface area contributed by atoms with E-state index in [0.717, 1.165) is 25.7 Å². The first-order valence-electron chi connectivity index (χ1n) is 9.62. The summed E-state index contributed by atoms with van der Waals surface area (Å²) in [6.07, 6.45) is 10.1. The van der Waals surface area contributed by atoms with Gasteiger partial charge >= 0.3 is 0 Å². The maximum Gasteiger partial charge on any atom is 0.133 e. The Labute approximate surface area is 150 Å².